The fourth-order valence-electron chi connectivity index (χ4n) is 1.11. The highest BCUT2D eigenvalue weighted by atomic mass is 19.3. The molecule has 0 unspecified atom stereocenters. The van der Waals surface area contributed by atoms with Crippen LogP contribution in [0.3, 0.4) is 0 Å². The second-order valence-corrected chi connectivity index (χ2v) is 3.59. The Hall–Kier alpha value is -1.59. The Morgan fingerprint density at radius 2 is 2.18 bits per heavy atom. The van der Waals surface area contributed by atoms with Gasteiger partial charge in [0, 0.05) is 13.6 Å². The molecule has 6 heteroatoms. The first-order chi connectivity index (χ1) is 7.95. The molecule has 94 valence electrons. The predicted molar refractivity (Wildman–Crippen MR) is 60.3 cm³/mol. The minimum absolute atomic E-state index is 0.252. The van der Waals surface area contributed by atoms with Crippen LogP contribution in [0.15, 0.2) is 11.1 Å². The van der Waals surface area contributed by atoms with Crippen LogP contribution in [-0.4, -0.2) is 29.8 Å². The van der Waals surface area contributed by atoms with Crippen LogP contribution < -0.4 is 0 Å². The molecule has 1 rings (SSSR count). The first kappa shape index (κ1) is 13.5. The van der Waals surface area contributed by atoms with Crippen LogP contribution in [-0.2, 0) is 0 Å². The molecule has 1 heterocycles. The number of aromatic nitrogens is 1. The molecule has 0 fully saturated rings. The Balaban J connectivity index is 3.08. The Bertz CT molecular complexity index is 419. The van der Waals surface area contributed by atoms with Crippen molar-refractivity contribution in [1.29, 1.82) is 0 Å². The molecule has 0 aliphatic rings. The quantitative estimate of drug-likeness (QED) is 0.463. The predicted octanol–water partition coefficient (Wildman–Crippen LogP) is 3.08. The fourth-order valence-corrected chi connectivity index (χ4v) is 1.11. The molecule has 1 aromatic heterocycles. The van der Waals surface area contributed by atoms with Crippen molar-refractivity contribution in [3.63, 3.8) is 0 Å². The van der Waals surface area contributed by atoms with Crippen LogP contribution in [0.25, 0.3) is 0 Å². The van der Waals surface area contributed by atoms with Crippen LogP contribution in [0.2, 0.25) is 0 Å². The lowest BCUT2D eigenvalue weighted by atomic mass is 10.2. The topological polar surface area (TPSA) is 28.5 Å². The van der Waals surface area contributed by atoms with E-state index in [2.05, 4.69) is 9.98 Å². The Morgan fingerprint density at radius 1 is 1.53 bits per heavy atom. The summed E-state index contributed by atoms with van der Waals surface area (Å²) in [6.45, 7) is 4.18. The van der Waals surface area contributed by atoms with Crippen molar-refractivity contribution in [1.82, 2.24) is 9.88 Å². The molecule has 1 aromatic rings. The summed E-state index contributed by atoms with van der Waals surface area (Å²) in [5.41, 5.74) is -0.184. The highest BCUT2D eigenvalue weighted by Gasteiger charge is 2.16. The van der Waals surface area contributed by atoms with Crippen LogP contribution in [0.1, 0.15) is 24.6 Å². The fraction of sp³-hybridized carbons (Fsp3) is 0.455. The molecule has 0 aromatic carbocycles. The van der Waals surface area contributed by atoms with Crippen LogP contribution in [0.5, 0.6) is 0 Å². The van der Waals surface area contributed by atoms with E-state index in [0.717, 1.165) is 12.6 Å². The summed E-state index contributed by atoms with van der Waals surface area (Å²) in [5.74, 6) is -1.14. The van der Waals surface area contributed by atoms with E-state index >= 15 is 0 Å². The van der Waals surface area contributed by atoms with E-state index in [-0.39, 0.29) is 11.4 Å². The van der Waals surface area contributed by atoms with Crippen molar-refractivity contribution in [3.05, 3.63) is 23.3 Å². The zero-order valence-corrected chi connectivity index (χ0v) is 9.91. The van der Waals surface area contributed by atoms with Gasteiger partial charge in [-0.05, 0) is 19.9 Å². The summed E-state index contributed by atoms with van der Waals surface area (Å²) >= 11 is 0. The van der Waals surface area contributed by atoms with Crippen molar-refractivity contribution in [3.8, 4) is 0 Å². The minimum Gasteiger partial charge on any atom is -0.366 e. The number of pyridine rings is 1. The lowest BCUT2D eigenvalue weighted by Gasteiger charge is -2.09. The standard InChI is InChI=1S/C11H14F3N3/c1-4-17(3)6-15-9-5-8(10(12)13)11(14)16-7(9)2/h5-6,10H,4H2,1-3H3. The highest BCUT2D eigenvalue weighted by Crippen LogP contribution is 2.27. The van der Waals surface area contributed by atoms with E-state index in [1.54, 1.807) is 11.9 Å². The van der Waals surface area contributed by atoms with Gasteiger partial charge < -0.3 is 4.90 Å². The molecule has 0 radical (unpaired) electrons. The van der Waals surface area contributed by atoms with Gasteiger partial charge in [0.2, 0.25) is 5.95 Å². The number of nitrogens with zero attached hydrogens (tertiary/aromatic N) is 3. The van der Waals surface area contributed by atoms with E-state index in [1.165, 1.54) is 13.3 Å². The molecule has 17 heavy (non-hydrogen) atoms. The summed E-state index contributed by atoms with van der Waals surface area (Å²) in [5, 5.41) is 0. The maximum absolute atomic E-state index is 13.1. The normalized spacial score (nSPS) is 11.5. The van der Waals surface area contributed by atoms with Crippen molar-refractivity contribution >= 4 is 12.0 Å². The number of aliphatic imine (C=N–C) groups is 1. The second-order valence-electron chi connectivity index (χ2n) is 3.59. The van der Waals surface area contributed by atoms with Gasteiger partial charge in [-0.15, -0.1) is 0 Å². The van der Waals surface area contributed by atoms with Gasteiger partial charge in [0.05, 0.1) is 23.3 Å². The second kappa shape index (κ2) is 5.65. The molecule has 0 spiro atoms. The zero-order chi connectivity index (χ0) is 13.0. The maximum Gasteiger partial charge on any atom is 0.268 e. The van der Waals surface area contributed by atoms with E-state index in [9.17, 15) is 13.2 Å². The van der Waals surface area contributed by atoms with Crippen LogP contribution in [0, 0.1) is 12.9 Å². The highest BCUT2D eigenvalue weighted by molar-refractivity contribution is 5.62. The van der Waals surface area contributed by atoms with Gasteiger partial charge in [0.15, 0.2) is 0 Å². The Kier molecular flexibility index (Phi) is 4.48. The molecular weight excluding hydrogens is 231 g/mol. The van der Waals surface area contributed by atoms with Crippen molar-refractivity contribution in [2.24, 2.45) is 4.99 Å². The van der Waals surface area contributed by atoms with E-state index in [0.29, 0.717) is 0 Å². The molecule has 0 aliphatic carbocycles. The lowest BCUT2D eigenvalue weighted by Crippen LogP contribution is -2.14. The molecule has 0 bridgehead atoms. The van der Waals surface area contributed by atoms with Gasteiger partial charge in [-0.2, -0.15) is 4.39 Å². The largest absolute Gasteiger partial charge is 0.366 e. The summed E-state index contributed by atoms with van der Waals surface area (Å²) in [6.07, 6.45) is -1.39. The molecule has 0 atom stereocenters. The third-order valence-corrected chi connectivity index (χ3v) is 2.29. The van der Waals surface area contributed by atoms with Gasteiger partial charge in [0.1, 0.15) is 0 Å². The summed E-state index contributed by atoms with van der Waals surface area (Å²) in [4.78, 5) is 9.19. The van der Waals surface area contributed by atoms with Gasteiger partial charge in [0.25, 0.3) is 6.43 Å². The molecule has 0 N–H and O–H groups in total. The molecular formula is C11H14F3N3. The number of hydrogen-bond donors (Lipinski definition) is 0. The average molecular weight is 245 g/mol. The van der Waals surface area contributed by atoms with Crippen molar-refractivity contribution < 1.29 is 13.2 Å². The minimum atomic E-state index is -2.89. The summed E-state index contributed by atoms with van der Waals surface area (Å²) < 4.78 is 38.0. The number of hydrogen-bond acceptors (Lipinski definition) is 2. The first-order valence-electron chi connectivity index (χ1n) is 5.15. The van der Waals surface area contributed by atoms with Crippen LogP contribution >= 0.6 is 0 Å². The molecule has 0 saturated carbocycles. The lowest BCUT2D eigenvalue weighted by molar-refractivity contribution is 0.145. The monoisotopic (exact) mass is 245 g/mol. The van der Waals surface area contributed by atoms with E-state index in [4.69, 9.17) is 0 Å². The van der Waals surface area contributed by atoms with Crippen LogP contribution in [0.4, 0.5) is 18.9 Å². The van der Waals surface area contributed by atoms with Gasteiger partial charge in [-0.3, -0.25) is 0 Å². The Morgan fingerprint density at radius 3 is 2.71 bits per heavy atom. The first-order valence-corrected chi connectivity index (χ1v) is 5.15. The van der Waals surface area contributed by atoms with E-state index in [1.807, 2.05) is 6.92 Å². The Labute approximate surface area is 98.0 Å². The third-order valence-electron chi connectivity index (χ3n) is 2.29. The van der Waals surface area contributed by atoms with Crippen molar-refractivity contribution in [2.45, 2.75) is 20.3 Å². The summed E-state index contributed by atoms with van der Waals surface area (Å²) in [6, 6.07) is 1.03. The number of halogens is 3. The number of rotatable bonds is 4. The SMILES string of the molecule is CCN(C)C=Nc1cc(C(F)F)c(F)nc1C. The smallest absolute Gasteiger partial charge is 0.268 e. The third kappa shape index (κ3) is 3.44. The van der Waals surface area contributed by atoms with Gasteiger partial charge in [-0.1, -0.05) is 0 Å². The van der Waals surface area contributed by atoms with Gasteiger partial charge >= 0.3 is 0 Å². The molecule has 3 nitrogen and oxygen atoms in total. The molecule has 0 amide bonds. The average Bonchev–Trinajstić information content (AvgIpc) is 2.26. The molecule has 0 saturated heterocycles. The zero-order valence-electron chi connectivity index (χ0n) is 9.91. The van der Waals surface area contributed by atoms with E-state index < -0.39 is 17.9 Å². The van der Waals surface area contributed by atoms with Gasteiger partial charge in [-0.25, -0.2) is 18.8 Å². The molecule has 0 aliphatic heterocycles. The maximum atomic E-state index is 13.1. The number of aryl methyl sites for hydroxylation is 1. The summed E-state index contributed by atoms with van der Waals surface area (Å²) in [7, 11) is 1.80. The van der Waals surface area contributed by atoms with Crippen molar-refractivity contribution in [2.75, 3.05) is 13.6 Å². The number of alkyl halides is 2.